The number of aryl methyl sites for hydroxylation is 1. The normalized spacial score (nSPS) is 11.0. The second-order valence-electron chi connectivity index (χ2n) is 6.51. The number of nitrogens with zero attached hydrogens (tertiary/aromatic N) is 3. The third-order valence-corrected chi connectivity index (χ3v) is 5.33. The zero-order valence-electron chi connectivity index (χ0n) is 16.1. The highest BCUT2D eigenvalue weighted by molar-refractivity contribution is 7.99. The van der Waals surface area contributed by atoms with Gasteiger partial charge in [0.2, 0.25) is 5.91 Å². The Kier molecular flexibility index (Phi) is 5.62. The highest BCUT2D eigenvalue weighted by Crippen LogP contribution is 2.23. The summed E-state index contributed by atoms with van der Waals surface area (Å²) in [6.07, 6.45) is 0.872. The number of benzene rings is 2. The number of fused-ring (bicyclic) bond motifs is 1. The van der Waals surface area contributed by atoms with E-state index in [1.807, 2.05) is 31.2 Å². The molecule has 152 valence electrons. The fourth-order valence-electron chi connectivity index (χ4n) is 2.94. The first kappa shape index (κ1) is 19.8. The van der Waals surface area contributed by atoms with Crippen LogP contribution in [0.5, 0.6) is 0 Å². The maximum atomic E-state index is 14.2. The van der Waals surface area contributed by atoms with Crippen molar-refractivity contribution in [1.82, 2.24) is 19.6 Å². The Labute approximate surface area is 175 Å². The first-order chi connectivity index (χ1) is 14.5. The number of hydrogen-bond donors (Lipinski definition) is 2. The monoisotopic (exact) mass is 423 g/mol. The summed E-state index contributed by atoms with van der Waals surface area (Å²) in [5, 5.41) is 5.78. The van der Waals surface area contributed by atoms with E-state index in [1.54, 1.807) is 18.2 Å². The molecule has 4 aromatic rings. The van der Waals surface area contributed by atoms with Crippen molar-refractivity contribution in [2.75, 3.05) is 11.1 Å². The van der Waals surface area contributed by atoms with Gasteiger partial charge in [-0.3, -0.25) is 14.7 Å². The average molecular weight is 423 g/mol. The third kappa shape index (κ3) is 4.25. The molecule has 0 fully saturated rings. The lowest BCUT2D eigenvalue weighted by Crippen LogP contribution is -2.15. The molecule has 30 heavy (non-hydrogen) atoms. The number of H-pyrrole nitrogens is 1. The molecule has 1 amide bonds. The van der Waals surface area contributed by atoms with Gasteiger partial charge in [-0.1, -0.05) is 43.0 Å². The summed E-state index contributed by atoms with van der Waals surface area (Å²) in [6, 6.07) is 15.1. The molecule has 0 spiro atoms. The van der Waals surface area contributed by atoms with Crippen LogP contribution in [0.2, 0.25) is 0 Å². The number of halogens is 1. The van der Waals surface area contributed by atoms with Gasteiger partial charge in [0.25, 0.3) is 5.56 Å². The molecular formula is C21H18FN5O2S. The number of aromatic amines is 1. The predicted octanol–water partition coefficient (Wildman–Crippen LogP) is 3.52. The molecule has 2 aromatic heterocycles. The minimum Gasteiger partial charge on any atom is -0.325 e. The number of anilines is 1. The lowest BCUT2D eigenvalue weighted by Gasteiger charge is -2.09. The Hall–Kier alpha value is -3.46. The molecule has 2 heterocycles. The molecule has 0 radical (unpaired) electrons. The number of amides is 1. The van der Waals surface area contributed by atoms with Crippen molar-refractivity contribution in [3.63, 3.8) is 0 Å². The van der Waals surface area contributed by atoms with E-state index in [2.05, 4.69) is 20.4 Å². The van der Waals surface area contributed by atoms with Gasteiger partial charge < -0.3 is 5.32 Å². The van der Waals surface area contributed by atoms with Gasteiger partial charge in [-0.05, 0) is 36.2 Å². The van der Waals surface area contributed by atoms with Crippen molar-refractivity contribution in [3.8, 4) is 11.4 Å². The van der Waals surface area contributed by atoms with E-state index in [0.717, 1.165) is 23.7 Å². The molecule has 0 bridgehead atoms. The number of nitrogens with one attached hydrogen (secondary N) is 2. The van der Waals surface area contributed by atoms with Crippen molar-refractivity contribution in [1.29, 1.82) is 0 Å². The van der Waals surface area contributed by atoms with Gasteiger partial charge >= 0.3 is 0 Å². The molecule has 0 unspecified atom stereocenters. The van der Waals surface area contributed by atoms with Crippen LogP contribution in [-0.4, -0.2) is 31.2 Å². The smallest absolute Gasteiger partial charge is 0.266 e. The van der Waals surface area contributed by atoms with Crippen molar-refractivity contribution in [3.05, 3.63) is 76.3 Å². The summed E-state index contributed by atoms with van der Waals surface area (Å²) in [6.45, 7) is 2.04. The van der Waals surface area contributed by atoms with Gasteiger partial charge in [-0.2, -0.15) is 0 Å². The first-order valence-electron chi connectivity index (χ1n) is 9.30. The predicted molar refractivity (Wildman–Crippen MR) is 114 cm³/mol. The summed E-state index contributed by atoms with van der Waals surface area (Å²) in [5.74, 6) is -0.490. The maximum Gasteiger partial charge on any atom is 0.266 e. The first-order valence-corrected chi connectivity index (χ1v) is 10.3. The minimum atomic E-state index is -0.468. The average Bonchev–Trinajstić information content (AvgIpc) is 3.12. The lowest BCUT2D eigenvalue weighted by molar-refractivity contribution is -0.113. The molecule has 0 saturated heterocycles. The minimum absolute atomic E-state index is 0.0549. The molecule has 4 rings (SSSR count). The summed E-state index contributed by atoms with van der Waals surface area (Å²) >= 11 is 1.12. The Bertz CT molecular complexity index is 1280. The molecule has 0 saturated carbocycles. The van der Waals surface area contributed by atoms with Gasteiger partial charge in [-0.15, -0.1) is 0 Å². The Morgan fingerprint density at radius 2 is 2.00 bits per heavy atom. The van der Waals surface area contributed by atoms with E-state index < -0.39 is 5.82 Å². The molecule has 2 aromatic carbocycles. The quantitative estimate of drug-likeness (QED) is 0.463. The molecule has 9 heteroatoms. The second kappa shape index (κ2) is 8.50. The fourth-order valence-corrected chi connectivity index (χ4v) is 3.69. The maximum absolute atomic E-state index is 14.2. The Morgan fingerprint density at radius 3 is 2.80 bits per heavy atom. The number of thioether (sulfide) groups is 1. The van der Waals surface area contributed by atoms with Crippen LogP contribution in [0.4, 0.5) is 10.1 Å². The van der Waals surface area contributed by atoms with Gasteiger partial charge in [0, 0.05) is 11.8 Å². The highest BCUT2D eigenvalue weighted by Gasteiger charge is 2.15. The van der Waals surface area contributed by atoms with Crippen LogP contribution < -0.4 is 10.9 Å². The Balaban J connectivity index is 1.59. The topological polar surface area (TPSA) is 92.2 Å². The van der Waals surface area contributed by atoms with E-state index in [-0.39, 0.29) is 28.6 Å². The van der Waals surface area contributed by atoms with Crippen LogP contribution in [-0.2, 0) is 11.2 Å². The molecular weight excluding hydrogens is 405 g/mol. The summed E-state index contributed by atoms with van der Waals surface area (Å²) in [4.78, 5) is 32.9. The van der Waals surface area contributed by atoms with Crippen LogP contribution in [0.3, 0.4) is 0 Å². The number of carbonyl (C=O) groups excluding carboxylic acids is 1. The standard InChI is InChI=1S/C21H18FN5O2S/c1-2-13-6-5-7-14(10-13)23-19(29)12-30-21-25-20(15-8-3-4-9-16(15)22)24-17-11-18(28)26-27(17)21/h3-11H,2,12H2,1H3,(H,23,29)(H,26,28). The van der Waals surface area contributed by atoms with E-state index >= 15 is 0 Å². The van der Waals surface area contributed by atoms with Crippen LogP contribution in [0.15, 0.2) is 64.5 Å². The van der Waals surface area contributed by atoms with E-state index in [0.29, 0.717) is 16.5 Å². The van der Waals surface area contributed by atoms with Crippen molar-refractivity contribution in [2.24, 2.45) is 0 Å². The SMILES string of the molecule is CCc1cccc(NC(=O)CSc2nc(-c3ccccc3F)nc3cc(=O)[nH]n23)c1. The van der Waals surface area contributed by atoms with Gasteiger partial charge in [-0.25, -0.2) is 18.9 Å². The van der Waals surface area contributed by atoms with Crippen molar-refractivity contribution >= 4 is 29.0 Å². The summed E-state index contributed by atoms with van der Waals surface area (Å²) in [5.41, 5.74) is 1.99. The molecule has 7 nitrogen and oxygen atoms in total. The van der Waals surface area contributed by atoms with E-state index in [9.17, 15) is 14.0 Å². The van der Waals surface area contributed by atoms with Gasteiger partial charge in [0.15, 0.2) is 16.6 Å². The zero-order valence-corrected chi connectivity index (χ0v) is 16.9. The molecule has 0 aliphatic carbocycles. The molecule has 0 atom stereocenters. The van der Waals surface area contributed by atoms with Crippen LogP contribution in [0.25, 0.3) is 17.0 Å². The molecule has 0 aliphatic rings. The van der Waals surface area contributed by atoms with E-state index in [1.165, 1.54) is 16.6 Å². The number of carbonyl (C=O) groups is 1. The summed E-state index contributed by atoms with van der Waals surface area (Å²) in [7, 11) is 0. The third-order valence-electron chi connectivity index (χ3n) is 4.39. The number of rotatable bonds is 6. The van der Waals surface area contributed by atoms with Gasteiger partial charge in [0.05, 0.1) is 11.3 Å². The fraction of sp³-hybridized carbons (Fsp3) is 0.143. The van der Waals surface area contributed by atoms with Crippen LogP contribution >= 0.6 is 11.8 Å². The highest BCUT2D eigenvalue weighted by atomic mass is 32.2. The summed E-state index contributed by atoms with van der Waals surface area (Å²) < 4.78 is 15.6. The van der Waals surface area contributed by atoms with Crippen molar-refractivity contribution in [2.45, 2.75) is 18.5 Å². The number of aromatic nitrogens is 4. The molecule has 2 N–H and O–H groups in total. The van der Waals surface area contributed by atoms with Gasteiger partial charge in [0.1, 0.15) is 5.82 Å². The van der Waals surface area contributed by atoms with Crippen LogP contribution in [0, 0.1) is 5.82 Å². The largest absolute Gasteiger partial charge is 0.325 e. The Morgan fingerprint density at radius 1 is 1.17 bits per heavy atom. The molecule has 0 aliphatic heterocycles. The van der Waals surface area contributed by atoms with Crippen LogP contribution in [0.1, 0.15) is 12.5 Å². The zero-order chi connectivity index (χ0) is 21.1. The number of hydrogen-bond acceptors (Lipinski definition) is 5. The lowest BCUT2D eigenvalue weighted by atomic mass is 10.1. The van der Waals surface area contributed by atoms with Crippen molar-refractivity contribution < 1.29 is 9.18 Å². The van der Waals surface area contributed by atoms with E-state index in [4.69, 9.17) is 0 Å². The second-order valence-corrected chi connectivity index (χ2v) is 7.46.